The third kappa shape index (κ3) is 4.10. The van der Waals surface area contributed by atoms with Crippen LogP contribution in [-0.4, -0.2) is 25.1 Å². The van der Waals surface area contributed by atoms with Crippen molar-refractivity contribution in [3.8, 4) is 0 Å². The maximum absolute atomic E-state index is 12.0. The number of aromatic nitrogens is 1. The smallest absolute Gasteiger partial charge is 0.237 e. The number of carbonyl (C=O) groups excluding carboxylic acids is 1. The number of H-pyrrole nitrogens is 1. The number of hydrogen-bond acceptors (Lipinski definition) is 3. The predicted molar refractivity (Wildman–Crippen MR) is 88.0 cm³/mol. The third-order valence-electron chi connectivity index (χ3n) is 3.91. The molecule has 0 aliphatic heterocycles. The highest BCUT2D eigenvalue weighted by atomic mass is 32.2. The van der Waals surface area contributed by atoms with Crippen LogP contribution in [0.15, 0.2) is 30.5 Å². The van der Waals surface area contributed by atoms with Gasteiger partial charge in [0.1, 0.15) is 0 Å². The molecule has 22 heavy (non-hydrogen) atoms. The second kappa shape index (κ2) is 6.96. The average molecular weight is 322 g/mol. The average Bonchev–Trinajstić information content (AvgIpc) is 2.87. The first-order valence-electron chi connectivity index (χ1n) is 7.53. The summed E-state index contributed by atoms with van der Waals surface area (Å²) in [6.07, 6.45) is 3.37. The summed E-state index contributed by atoms with van der Waals surface area (Å²) in [7, 11) is -3.57. The number of rotatable bonds is 7. The van der Waals surface area contributed by atoms with Crippen molar-refractivity contribution in [2.24, 2.45) is 5.92 Å². The fourth-order valence-electron chi connectivity index (χ4n) is 2.54. The fourth-order valence-corrected chi connectivity index (χ4v) is 4.13. The van der Waals surface area contributed by atoms with Gasteiger partial charge in [-0.2, -0.15) is 0 Å². The monoisotopic (exact) mass is 322 g/mol. The largest absolute Gasteiger partial charge is 0.361 e. The van der Waals surface area contributed by atoms with Gasteiger partial charge in [0.15, 0.2) is 0 Å². The standard InChI is InChI=1S/C16H22N2O3S/c1-3-12(4-2)11-22(20,21)18-16(19)9-13-10-17-15-8-6-5-7-14(13)15/h5-8,10,12,17H,3-4,9,11H2,1-2H3,(H,18,19). The fraction of sp³-hybridized carbons (Fsp3) is 0.438. The summed E-state index contributed by atoms with van der Waals surface area (Å²) in [5.74, 6) is -0.409. The molecule has 0 aliphatic rings. The van der Waals surface area contributed by atoms with Crippen molar-refractivity contribution in [2.75, 3.05) is 5.75 Å². The lowest BCUT2D eigenvalue weighted by atomic mass is 10.1. The van der Waals surface area contributed by atoms with E-state index in [-0.39, 0.29) is 18.1 Å². The first kappa shape index (κ1) is 16.5. The summed E-state index contributed by atoms with van der Waals surface area (Å²) in [6, 6.07) is 7.62. The lowest BCUT2D eigenvalue weighted by molar-refractivity contribution is -0.118. The number of hydrogen-bond donors (Lipinski definition) is 2. The van der Waals surface area contributed by atoms with Gasteiger partial charge in [0.05, 0.1) is 12.2 Å². The van der Waals surface area contributed by atoms with Crippen LogP contribution >= 0.6 is 0 Å². The van der Waals surface area contributed by atoms with Crippen LogP contribution in [0.25, 0.3) is 10.9 Å². The van der Waals surface area contributed by atoms with Crippen LogP contribution in [0, 0.1) is 5.92 Å². The Bertz CT molecular complexity index is 746. The second-order valence-corrected chi connectivity index (χ2v) is 7.29. The van der Waals surface area contributed by atoms with Crippen molar-refractivity contribution in [3.63, 3.8) is 0 Å². The molecular formula is C16H22N2O3S. The van der Waals surface area contributed by atoms with E-state index in [0.717, 1.165) is 29.3 Å². The molecule has 1 aromatic heterocycles. The number of fused-ring (bicyclic) bond motifs is 1. The van der Waals surface area contributed by atoms with Crippen LogP contribution in [0.5, 0.6) is 0 Å². The predicted octanol–water partition coefficient (Wildman–Crippen LogP) is 2.59. The van der Waals surface area contributed by atoms with Crippen LogP contribution < -0.4 is 4.72 Å². The first-order valence-corrected chi connectivity index (χ1v) is 9.18. The number of benzene rings is 1. The number of nitrogens with one attached hydrogen (secondary N) is 2. The van der Waals surface area contributed by atoms with Crippen molar-refractivity contribution in [3.05, 3.63) is 36.0 Å². The van der Waals surface area contributed by atoms with Gasteiger partial charge in [-0.15, -0.1) is 0 Å². The van der Waals surface area contributed by atoms with Crippen LogP contribution in [0.4, 0.5) is 0 Å². The molecule has 0 aliphatic carbocycles. The molecule has 120 valence electrons. The molecule has 1 heterocycles. The van der Waals surface area contributed by atoms with Gasteiger partial charge in [-0.25, -0.2) is 8.42 Å². The SMILES string of the molecule is CCC(CC)CS(=O)(=O)NC(=O)Cc1c[nH]c2ccccc12. The van der Waals surface area contributed by atoms with Gasteiger partial charge in [-0.3, -0.25) is 9.52 Å². The van der Waals surface area contributed by atoms with Crippen LogP contribution in [0.3, 0.4) is 0 Å². The molecule has 1 aromatic carbocycles. The Morgan fingerprint density at radius 2 is 1.91 bits per heavy atom. The molecule has 0 atom stereocenters. The molecule has 5 nitrogen and oxygen atoms in total. The molecule has 1 amide bonds. The summed E-state index contributed by atoms with van der Waals surface area (Å²) in [4.78, 5) is 15.1. The minimum atomic E-state index is -3.57. The summed E-state index contributed by atoms with van der Waals surface area (Å²) in [6.45, 7) is 3.91. The van der Waals surface area contributed by atoms with Crippen molar-refractivity contribution in [1.82, 2.24) is 9.71 Å². The molecule has 6 heteroatoms. The normalized spacial score (nSPS) is 12.0. The van der Waals surface area contributed by atoms with Crippen LogP contribution in [-0.2, 0) is 21.2 Å². The van der Waals surface area contributed by atoms with Gasteiger partial charge in [0, 0.05) is 17.1 Å². The Kier molecular flexibility index (Phi) is 5.24. The van der Waals surface area contributed by atoms with E-state index in [1.165, 1.54) is 0 Å². The van der Waals surface area contributed by atoms with Crippen molar-refractivity contribution in [2.45, 2.75) is 33.1 Å². The Balaban J connectivity index is 2.03. The van der Waals surface area contributed by atoms with E-state index in [1.54, 1.807) is 6.20 Å². The molecule has 0 saturated carbocycles. The van der Waals surface area contributed by atoms with E-state index in [1.807, 2.05) is 38.1 Å². The Morgan fingerprint density at radius 1 is 1.23 bits per heavy atom. The zero-order chi connectivity index (χ0) is 16.2. The maximum atomic E-state index is 12.0. The van der Waals surface area contributed by atoms with Gasteiger partial charge in [0.2, 0.25) is 15.9 Å². The zero-order valence-corrected chi connectivity index (χ0v) is 13.7. The van der Waals surface area contributed by atoms with Gasteiger partial charge >= 0.3 is 0 Å². The number of para-hydroxylation sites is 1. The molecule has 0 radical (unpaired) electrons. The second-order valence-electron chi connectivity index (χ2n) is 5.53. The number of carbonyl (C=O) groups is 1. The minimum absolute atomic E-state index is 0.000372. The zero-order valence-electron chi connectivity index (χ0n) is 12.9. The van der Waals surface area contributed by atoms with Crippen molar-refractivity contribution >= 4 is 26.8 Å². The number of amides is 1. The molecule has 0 bridgehead atoms. The lowest BCUT2D eigenvalue weighted by Crippen LogP contribution is -2.35. The van der Waals surface area contributed by atoms with E-state index in [4.69, 9.17) is 0 Å². The highest BCUT2D eigenvalue weighted by Gasteiger charge is 2.20. The molecule has 0 saturated heterocycles. The lowest BCUT2D eigenvalue weighted by Gasteiger charge is -2.13. The summed E-state index contributed by atoms with van der Waals surface area (Å²) in [5.41, 5.74) is 1.73. The Morgan fingerprint density at radius 3 is 2.59 bits per heavy atom. The molecule has 2 rings (SSSR count). The van der Waals surface area contributed by atoms with Gasteiger partial charge in [-0.1, -0.05) is 44.9 Å². The third-order valence-corrected chi connectivity index (χ3v) is 5.35. The first-order chi connectivity index (χ1) is 10.4. The quantitative estimate of drug-likeness (QED) is 0.822. The molecule has 0 spiro atoms. The summed E-state index contributed by atoms with van der Waals surface area (Å²) < 4.78 is 26.2. The van der Waals surface area contributed by atoms with E-state index >= 15 is 0 Å². The summed E-state index contributed by atoms with van der Waals surface area (Å²) in [5, 5.41) is 0.940. The van der Waals surface area contributed by atoms with Crippen LogP contribution in [0.2, 0.25) is 0 Å². The number of sulfonamides is 1. The van der Waals surface area contributed by atoms with E-state index < -0.39 is 15.9 Å². The Hall–Kier alpha value is -1.82. The van der Waals surface area contributed by atoms with E-state index in [2.05, 4.69) is 9.71 Å². The van der Waals surface area contributed by atoms with Gasteiger partial charge in [0.25, 0.3) is 0 Å². The van der Waals surface area contributed by atoms with Crippen molar-refractivity contribution < 1.29 is 13.2 Å². The highest BCUT2D eigenvalue weighted by molar-refractivity contribution is 7.90. The number of aromatic amines is 1. The highest BCUT2D eigenvalue weighted by Crippen LogP contribution is 2.18. The van der Waals surface area contributed by atoms with E-state index in [9.17, 15) is 13.2 Å². The minimum Gasteiger partial charge on any atom is -0.361 e. The molecule has 2 N–H and O–H groups in total. The topological polar surface area (TPSA) is 79.0 Å². The van der Waals surface area contributed by atoms with Gasteiger partial charge in [-0.05, 0) is 17.5 Å². The Labute approximate surface area is 131 Å². The molecular weight excluding hydrogens is 300 g/mol. The van der Waals surface area contributed by atoms with E-state index in [0.29, 0.717) is 0 Å². The molecule has 2 aromatic rings. The maximum Gasteiger partial charge on any atom is 0.237 e. The van der Waals surface area contributed by atoms with Crippen molar-refractivity contribution in [1.29, 1.82) is 0 Å². The van der Waals surface area contributed by atoms with Crippen LogP contribution in [0.1, 0.15) is 32.3 Å². The molecule has 0 unspecified atom stereocenters. The summed E-state index contributed by atoms with van der Waals surface area (Å²) >= 11 is 0. The van der Waals surface area contributed by atoms with Gasteiger partial charge < -0.3 is 4.98 Å². The molecule has 0 fully saturated rings.